The van der Waals surface area contributed by atoms with Crippen LogP contribution in [0.15, 0.2) is 18.2 Å². The van der Waals surface area contributed by atoms with Crippen molar-refractivity contribution in [1.82, 2.24) is 0 Å². The van der Waals surface area contributed by atoms with Crippen molar-refractivity contribution in [2.75, 3.05) is 12.4 Å². The van der Waals surface area contributed by atoms with Gasteiger partial charge in [0, 0.05) is 14.0 Å². The maximum atomic E-state index is 11.4. The fourth-order valence-corrected chi connectivity index (χ4v) is 2.50. The van der Waals surface area contributed by atoms with E-state index in [1.54, 1.807) is 12.1 Å². The first-order valence-electron chi connectivity index (χ1n) is 7.73. The molecule has 1 saturated heterocycles. The molecule has 1 heterocycles. The average Bonchev–Trinajstić information content (AvgIpc) is 2.56. The van der Waals surface area contributed by atoms with Gasteiger partial charge in [-0.05, 0) is 17.7 Å². The Bertz CT molecular complexity index is 665. The fraction of sp³-hybridized carbons (Fsp3) is 0.500. The second-order valence-electron chi connectivity index (χ2n) is 5.80. The molecule has 0 bridgehead atoms. The van der Waals surface area contributed by atoms with Crippen LogP contribution in [0.25, 0.3) is 0 Å². The van der Waals surface area contributed by atoms with Gasteiger partial charge >= 0.3 is 5.97 Å². The lowest BCUT2D eigenvalue weighted by atomic mass is 9.99. The lowest BCUT2D eigenvalue weighted by Crippen LogP contribution is -2.61. The number of ether oxygens (including phenoxy) is 3. The third kappa shape index (κ3) is 4.48. The van der Waals surface area contributed by atoms with Crippen LogP contribution in [0.5, 0.6) is 5.75 Å². The van der Waals surface area contributed by atoms with Crippen molar-refractivity contribution in [1.29, 1.82) is 0 Å². The number of anilines is 1. The second kappa shape index (κ2) is 8.43. The molecule has 1 fully saturated rings. The monoisotopic (exact) mass is 371 g/mol. The number of hydrogen-bond donors (Lipinski definition) is 5. The van der Waals surface area contributed by atoms with Crippen LogP contribution in [-0.2, 0) is 25.7 Å². The van der Waals surface area contributed by atoms with Crippen LogP contribution in [0.4, 0.5) is 5.69 Å². The number of carboxylic acids is 1. The Morgan fingerprint density at radius 2 is 1.88 bits per heavy atom. The first-order chi connectivity index (χ1) is 12.2. The van der Waals surface area contributed by atoms with Gasteiger partial charge < -0.3 is 40.0 Å². The van der Waals surface area contributed by atoms with Gasteiger partial charge in [-0.1, -0.05) is 6.07 Å². The Morgan fingerprint density at radius 1 is 1.19 bits per heavy atom. The zero-order valence-electron chi connectivity index (χ0n) is 14.2. The van der Waals surface area contributed by atoms with Gasteiger partial charge in [0.15, 0.2) is 6.10 Å². The number of aliphatic hydroxyl groups is 3. The largest absolute Gasteiger partial charge is 0.479 e. The van der Waals surface area contributed by atoms with Gasteiger partial charge in [-0.25, -0.2) is 4.79 Å². The summed E-state index contributed by atoms with van der Waals surface area (Å²) in [4.78, 5) is 22.5. The van der Waals surface area contributed by atoms with E-state index in [4.69, 9.17) is 19.3 Å². The Hall–Kier alpha value is -2.24. The number of rotatable bonds is 6. The summed E-state index contributed by atoms with van der Waals surface area (Å²) in [5.74, 6) is -1.82. The van der Waals surface area contributed by atoms with Gasteiger partial charge in [-0.2, -0.15) is 0 Å². The lowest BCUT2D eigenvalue weighted by molar-refractivity contribution is -0.271. The Kier molecular flexibility index (Phi) is 6.51. The molecule has 0 aromatic heterocycles. The van der Waals surface area contributed by atoms with Crippen LogP contribution in [0.2, 0.25) is 0 Å². The fourth-order valence-electron chi connectivity index (χ4n) is 2.50. The van der Waals surface area contributed by atoms with Crippen LogP contribution >= 0.6 is 0 Å². The molecule has 0 saturated carbocycles. The third-order valence-corrected chi connectivity index (χ3v) is 3.72. The van der Waals surface area contributed by atoms with Crippen LogP contribution in [0, 0.1) is 0 Å². The molecule has 0 spiro atoms. The molecule has 0 radical (unpaired) electrons. The number of methoxy groups -OCH3 is 1. The van der Waals surface area contributed by atoms with E-state index in [9.17, 15) is 24.9 Å². The van der Waals surface area contributed by atoms with Crippen molar-refractivity contribution in [2.24, 2.45) is 0 Å². The van der Waals surface area contributed by atoms with Crippen molar-refractivity contribution >= 4 is 17.6 Å². The van der Waals surface area contributed by atoms with E-state index < -0.39 is 36.7 Å². The number of aliphatic carboxylic acids is 1. The molecular weight excluding hydrogens is 350 g/mol. The number of carboxylic acid groups (broad SMARTS) is 1. The van der Waals surface area contributed by atoms with Gasteiger partial charge in [0.25, 0.3) is 0 Å². The van der Waals surface area contributed by atoms with E-state index >= 15 is 0 Å². The zero-order valence-corrected chi connectivity index (χ0v) is 14.2. The normalized spacial score (nSPS) is 28.4. The first-order valence-corrected chi connectivity index (χ1v) is 7.73. The molecule has 144 valence electrons. The van der Waals surface area contributed by atoms with E-state index in [1.165, 1.54) is 20.1 Å². The topological polar surface area (TPSA) is 155 Å². The number of benzene rings is 1. The Balaban J connectivity index is 2.27. The molecule has 1 aliphatic rings. The minimum atomic E-state index is -1.82. The third-order valence-electron chi connectivity index (χ3n) is 3.72. The standard InChI is InChI=1S/C16H21NO9/c1-7(18)17-9-5-8(6-24-2)3-4-10(9)25-16-13(21)11(19)12(20)14(26-16)15(22)23/h3-5,11-14,16,19-21H,6H2,1-2H3,(H,17,18)(H,22,23)/t11-,12-,13+,14-,16+/m1/s1. The van der Waals surface area contributed by atoms with Crippen molar-refractivity contribution in [3.8, 4) is 5.75 Å². The van der Waals surface area contributed by atoms with Crippen molar-refractivity contribution in [2.45, 2.75) is 44.2 Å². The summed E-state index contributed by atoms with van der Waals surface area (Å²) in [6, 6.07) is 4.69. The van der Waals surface area contributed by atoms with Crippen molar-refractivity contribution < 1.29 is 44.2 Å². The van der Waals surface area contributed by atoms with Gasteiger partial charge in [-0.15, -0.1) is 0 Å². The summed E-state index contributed by atoms with van der Waals surface area (Å²) >= 11 is 0. The molecule has 2 rings (SSSR count). The molecule has 0 aliphatic carbocycles. The molecule has 26 heavy (non-hydrogen) atoms. The highest BCUT2D eigenvalue weighted by Gasteiger charge is 2.48. The van der Waals surface area contributed by atoms with E-state index in [0.29, 0.717) is 0 Å². The van der Waals surface area contributed by atoms with Crippen LogP contribution < -0.4 is 10.1 Å². The number of hydrogen-bond acceptors (Lipinski definition) is 8. The highest BCUT2D eigenvalue weighted by Crippen LogP contribution is 2.30. The summed E-state index contributed by atoms with van der Waals surface area (Å²) in [7, 11) is 1.51. The van der Waals surface area contributed by atoms with E-state index in [1.807, 2.05) is 0 Å². The van der Waals surface area contributed by atoms with Crippen LogP contribution in [0.1, 0.15) is 12.5 Å². The number of nitrogens with one attached hydrogen (secondary N) is 1. The Labute approximate surface area is 148 Å². The van der Waals surface area contributed by atoms with Crippen molar-refractivity contribution in [3.63, 3.8) is 0 Å². The highest BCUT2D eigenvalue weighted by atomic mass is 16.7. The first kappa shape index (κ1) is 20.1. The summed E-state index contributed by atoms with van der Waals surface area (Å²) < 4.78 is 15.6. The quantitative estimate of drug-likeness (QED) is 0.426. The molecule has 5 atom stereocenters. The molecule has 1 aromatic carbocycles. The summed E-state index contributed by atoms with van der Waals surface area (Å²) in [5, 5.41) is 41.1. The molecule has 0 unspecified atom stereocenters. The average molecular weight is 371 g/mol. The van der Waals surface area contributed by atoms with E-state index in [2.05, 4.69) is 5.32 Å². The minimum absolute atomic E-state index is 0.0804. The summed E-state index contributed by atoms with van der Waals surface area (Å²) in [6.45, 7) is 1.57. The smallest absolute Gasteiger partial charge is 0.335 e. The van der Waals surface area contributed by atoms with Crippen molar-refractivity contribution in [3.05, 3.63) is 23.8 Å². The van der Waals surface area contributed by atoms with E-state index in [-0.39, 0.29) is 24.0 Å². The lowest BCUT2D eigenvalue weighted by Gasteiger charge is -2.38. The number of aliphatic hydroxyl groups excluding tert-OH is 3. The SMILES string of the molecule is COCc1ccc(O[C@H]2O[C@@H](C(=O)O)[C@H](O)[C@@H](O)[C@@H]2O)c(NC(C)=O)c1. The predicted octanol–water partition coefficient (Wildman–Crippen LogP) is -0.938. The molecule has 1 aromatic rings. The summed E-state index contributed by atoms with van der Waals surface area (Å²) in [5.41, 5.74) is 0.975. The molecule has 10 nitrogen and oxygen atoms in total. The summed E-state index contributed by atoms with van der Waals surface area (Å²) in [6.07, 6.45) is -8.66. The maximum absolute atomic E-state index is 11.4. The minimum Gasteiger partial charge on any atom is -0.479 e. The van der Waals surface area contributed by atoms with Gasteiger partial charge in [0.05, 0.1) is 12.3 Å². The van der Waals surface area contributed by atoms with E-state index in [0.717, 1.165) is 5.56 Å². The molecule has 5 N–H and O–H groups in total. The van der Waals surface area contributed by atoms with Crippen LogP contribution in [-0.4, -0.2) is 70.1 Å². The highest BCUT2D eigenvalue weighted by molar-refractivity contribution is 5.90. The van der Waals surface area contributed by atoms with Crippen LogP contribution in [0.3, 0.4) is 0 Å². The van der Waals surface area contributed by atoms with Gasteiger partial charge in [0.1, 0.15) is 24.1 Å². The molecule has 1 aliphatic heterocycles. The number of amides is 1. The molecule has 1 amide bonds. The van der Waals surface area contributed by atoms with Gasteiger partial charge in [-0.3, -0.25) is 4.79 Å². The zero-order chi connectivity index (χ0) is 19.4. The molecular formula is C16H21NO9. The maximum Gasteiger partial charge on any atom is 0.335 e. The predicted molar refractivity (Wildman–Crippen MR) is 86.4 cm³/mol. The van der Waals surface area contributed by atoms with Gasteiger partial charge in [0.2, 0.25) is 12.2 Å². The number of carbonyl (C=O) groups excluding carboxylic acids is 1. The molecule has 10 heteroatoms. The Morgan fingerprint density at radius 3 is 2.46 bits per heavy atom. The second-order valence-corrected chi connectivity index (χ2v) is 5.80. The number of carbonyl (C=O) groups is 2.